The average molecular weight is 457 g/mol. The predicted molar refractivity (Wildman–Crippen MR) is 135 cm³/mol. The maximum absolute atomic E-state index is 11.4. The number of nitro benzene ring substituents is 1. The van der Waals surface area contributed by atoms with E-state index in [2.05, 4.69) is 66.8 Å². The number of rotatable bonds is 3. The zero-order chi connectivity index (χ0) is 24.7. The number of pyridine rings is 2. The average Bonchev–Trinajstić information content (AvgIpc) is 3.09. The molecule has 4 rings (SSSR count). The Kier molecular flexibility index (Phi) is 5.77. The van der Waals surface area contributed by atoms with E-state index in [-0.39, 0.29) is 16.5 Å². The van der Waals surface area contributed by atoms with Crippen LogP contribution in [-0.2, 0) is 10.8 Å². The molecule has 0 unspecified atom stereocenters. The lowest BCUT2D eigenvalue weighted by Crippen LogP contribution is -2.15. The molecule has 0 atom stereocenters. The zero-order valence-corrected chi connectivity index (χ0v) is 20.2. The van der Waals surface area contributed by atoms with Crippen LogP contribution in [0.4, 0.5) is 17.3 Å². The van der Waals surface area contributed by atoms with Crippen molar-refractivity contribution in [3.05, 3.63) is 87.2 Å². The van der Waals surface area contributed by atoms with Gasteiger partial charge in [-0.25, -0.2) is 20.0 Å². The monoisotopic (exact) mass is 456 g/mol. The third-order valence-corrected chi connectivity index (χ3v) is 5.63. The van der Waals surface area contributed by atoms with E-state index in [4.69, 9.17) is 0 Å². The van der Waals surface area contributed by atoms with Gasteiger partial charge >= 0.3 is 0 Å². The van der Waals surface area contributed by atoms with Gasteiger partial charge in [-0.15, -0.1) is 0 Å². The third kappa shape index (κ3) is 4.85. The van der Waals surface area contributed by atoms with E-state index in [0.29, 0.717) is 28.9 Å². The molecule has 1 aliphatic heterocycles. The second-order valence-electron chi connectivity index (χ2n) is 10.3. The summed E-state index contributed by atoms with van der Waals surface area (Å²) in [5.74, 6) is 2.04. The summed E-state index contributed by atoms with van der Waals surface area (Å²) in [6.45, 7) is 12.8. The maximum Gasteiger partial charge on any atom is 0.270 e. The Morgan fingerprint density at radius 2 is 1.50 bits per heavy atom. The topological polar surface area (TPSA) is 106 Å². The molecule has 0 bridgehead atoms. The van der Waals surface area contributed by atoms with Gasteiger partial charge in [0.05, 0.1) is 4.92 Å². The highest BCUT2D eigenvalue weighted by atomic mass is 16.6. The Labute approximate surface area is 199 Å². The van der Waals surface area contributed by atoms with Gasteiger partial charge in [-0.3, -0.25) is 10.1 Å². The van der Waals surface area contributed by atoms with E-state index in [1.165, 1.54) is 12.1 Å². The number of hydrogen-bond acceptors (Lipinski definition) is 6. The summed E-state index contributed by atoms with van der Waals surface area (Å²) in [6.07, 6.45) is 3.47. The minimum Gasteiger partial charge on any atom is -0.324 e. The van der Waals surface area contributed by atoms with Crippen molar-refractivity contribution >= 4 is 29.0 Å². The van der Waals surface area contributed by atoms with Crippen LogP contribution in [0.3, 0.4) is 0 Å². The summed E-state index contributed by atoms with van der Waals surface area (Å²) in [7, 11) is 0. The van der Waals surface area contributed by atoms with Crippen molar-refractivity contribution in [2.45, 2.75) is 52.4 Å². The molecule has 1 aliphatic rings. The van der Waals surface area contributed by atoms with Crippen molar-refractivity contribution in [1.82, 2.24) is 9.97 Å². The Hall–Kier alpha value is -3.94. The molecule has 0 amide bonds. The standard InChI is InChI=1S/C26H28N6O2/c1-25(2,3)16-9-11-27-21(13-16)29-23-19-8-7-18(32(33)34)15-20(19)24(31-23)30-22-14-17(10-12-28-22)26(4,5)6/h7-15H,1-6H3,(H,27,28,29,30,31). The second kappa shape index (κ2) is 8.44. The molecule has 0 aliphatic carbocycles. The lowest BCUT2D eigenvalue weighted by Gasteiger charge is -2.19. The molecule has 0 fully saturated rings. The molecule has 1 N–H and O–H groups in total. The van der Waals surface area contributed by atoms with Crippen LogP contribution in [0, 0.1) is 10.1 Å². The first-order valence-corrected chi connectivity index (χ1v) is 11.1. The van der Waals surface area contributed by atoms with Gasteiger partial charge in [-0.1, -0.05) is 41.5 Å². The number of hydrogen-bond donors (Lipinski definition) is 1. The number of nitrogens with zero attached hydrogens (tertiary/aromatic N) is 5. The Morgan fingerprint density at radius 1 is 0.853 bits per heavy atom. The summed E-state index contributed by atoms with van der Waals surface area (Å²) in [5, 5.41) is 14.7. The van der Waals surface area contributed by atoms with Gasteiger partial charge in [-0.2, -0.15) is 0 Å². The van der Waals surface area contributed by atoms with Gasteiger partial charge in [-0.05, 0) is 52.3 Å². The largest absolute Gasteiger partial charge is 0.324 e. The molecule has 0 spiro atoms. The number of fused-ring (bicyclic) bond motifs is 1. The zero-order valence-electron chi connectivity index (χ0n) is 20.2. The summed E-state index contributed by atoms with van der Waals surface area (Å²) >= 11 is 0. The molecule has 3 aromatic rings. The van der Waals surface area contributed by atoms with Crippen LogP contribution >= 0.6 is 0 Å². The van der Waals surface area contributed by atoms with Crippen LogP contribution in [0.2, 0.25) is 0 Å². The second-order valence-corrected chi connectivity index (χ2v) is 10.3. The van der Waals surface area contributed by atoms with Crippen molar-refractivity contribution < 1.29 is 4.92 Å². The molecule has 0 radical (unpaired) electrons. The van der Waals surface area contributed by atoms with E-state index in [1.807, 2.05) is 24.3 Å². The minimum absolute atomic E-state index is 0.0212. The van der Waals surface area contributed by atoms with Crippen LogP contribution in [-0.4, -0.2) is 26.6 Å². The van der Waals surface area contributed by atoms with Crippen molar-refractivity contribution in [1.29, 1.82) is 0 Å². The fourth-order valence-electron chi connectivity index (χ4n) is 3.59. The highest BCUT2D eigenvalue weighted by Crippen LogP contribution is 2.29. The fourth-order valence-corrected chi connectivity index (χ4v) is 3.59. The van der Waals surface area contributed by atoms with Gasteiger partial charge in [0.25, 0.3) is 5.69 Å². The highest BCUT2D eigenvalue weighted by molar-refractivity contribution is 6.26. The Balaban J connectivity index is 1.78. The van der Waals surface area contributed by atoms with E-state index < -0.39 is 4.92 Å². The SMILES string of the molecule is CC(C)(C)c1ccnc(N=C2N=C(Nc3cc(C(C)(C)C)ccn3)c3ccc([N+](=O)[O-])cc32)c1. The lowest BCUT2D eigenvalue weighted by atomic mass is 9.88. The van der Waals surface area contributed by atoms with Crippen LogP contribution in [0.25, 0.3) is 0 Å². The summed E-state index contributed by atoms with van der Waals surface area (Å²) in [5.41, 5.74) is 3.39. The molecule has 1 aromatic carbocycles. The van der Waals surface area contributed by atoms with Crippen LogP contribution < -0.4 is 5.32 Å². The van der Waals surface area contributed by atoms with Gasteiger partial charge in [0.2, 0.25) is 0 Å². The molecule has 0 saturated heterocycles. The maximum atomic E-state index is 11.4. The molecule has 3 heterocycles. The van der Waals surface area contributed by atoms with E-state index in [1.54, 1.807) is 18.5 Å². The molecular formula is C26H28N6O2. The smallest absolute Gasteiger partial charge is 0.270 e. The van der Waals surface area contributed by atoms with Gasteiger partial charge < -0.3 is 5.32 Å². The third-order valence-electron chi connectivity index (χ3n) is 5.63. The number of nitro groups is 1. The Morgan fingerprint density at radius 3 is 2.15 bits per heavy atom. The van der Waals surface area contributed by atoms with E-state index >= 15 is 0 Å². The van der Waals surface area contributed by atoms with Crippen LogP contribution in [0.5, 0.6) is 0 Å². The quantitative estimate of drug-likeness (QED) is 0.388. The summed E-state index contributed by atoms with van der Waals surface area (Å²) in [6, 6.07) is 12.5. The van der Waals surface area contributed by atoms with E-state index in [9.17, 15) is 10.1 Å². The van der Waals surface area contributed by atoms with Gasteiger partial charge in [0.1, 0.15) is 11.7 Å². The molecule has 2 aromatic heterocycles. The number of nitrogens with one attached hydrogen (secondary N) is 1. The van der Waals surface area contributed by atoms with Gasteiger partial charge in [0.15, 0.2) is 11.7 Å². The molecular weight excluding hydrogens is 428 g/mol. The minimum atomic E-state index is -0.420. The number of aliphatic imine (C=N–C) groups is 2. The number of anilines is 1. The van der Waals surface area contributed by atoms with Crippen molar-refractivity contribution in [3.63, 3.8) is 0 Å². The first kappa shape index (κ1) is 23.2. The molecule has 174 valence electrons. The highest BCUT2D eigenvalue weighted by Gasteiger charge is 2.26. The van der Waals surface area contributed by atoms with Gasteiger partial charge in [0, 0.05) is 35.7 Å². The molecule has 8 heteroatoms. The summed E-state index contributed by atoms with van der Waals surface area (Å²) < 4.78 is 0. The first-order chi connectivity index (χ1) is 15.9. The number of amidine groups is 2. The lowest BCUT2D eigenvalue weighted by molar-refractivity contribution is -0.384. The Bertz CT molecular complexity index is 1330. The van der Waals surface area contributed by atoms with Crippen molar-refractivity contribution in [2.75, 3.05) is 5.32 Å². The predicted octanol–water partition coefficient (Wildman–Crippen LogP) is 5.93. The summed E-state index contributed by atoms with van der Waals surface area (Å²) in [4.78, 5) is 29.1. The van der Waals surface area contributed by atoms with Crippen LogP contribution in [0.1, 0.15) is 63.8 Å². The number of non-ortho nitro benzene ring substituents is 1. The van der Waals surface area contributed by atoms with Crippen molar-refractivity contribution in [3.8, 4) is 0 Å². The number of aromatic nitrogens is 2. The molecule has 8 nitrogen and oxygen atoms in total. The van der Waals surface area contributed by atoms with Crippen LogP contribution in [0.15, 0.2) is 64.8 Å². The number of benzene rings is 1. The first-order valence-electron chi connectivity index (χ1n) is 11.1. The normalized spacial score (nSPS) is 14.6. The fraction of sp³-hybridized carbons (Fsp3) is 0.308. The van der Waals surface area contributed by atoms with Crippen molar-refractivity contribution in [2.24, 2.45) is 9.98 Å². The van der Waals surface area contributed by atoms with E-state index in [0.717, 1.165) is 16.7 Å². The molecule has 34 heavy (non-hydrogen) atoms. The molecule has 0 saturated carbocycles.